The minimum absolute atomic E-state index is 0.0689. The molecule has 64 heavy (non-hydrogen) atoms. The number of aliphatic hydroxyl groups excluding tert-OH is 1. The fourth-order valence-electron chi connectivity index (χ4n) is 8.84. The van der Waals surface area contributed by atoms with E-state index < -0.39 is 35.8 Å². The number of imide groups is 2. The third-order valence-corrected chi connectivity index (χ3v) is 12.1. The van der Waals surface area contributed by atoms with Crippen molar-refractivity contribution in [3.8, 4) is 11.6 Å². The number of piperazine rings is 1. The normalized spacial score (nSPS) is 18.4. The van der Waals surface area contributed by atoms with Crippen LogP contribution in [-0.2, 0) is 22.6 Å². The number of carbonyl (C=O) groups is 4. The number of fused-ring (bicyclic) bond motifs is 3. The van der Waals surface area contributed by atoms with E-state index in [1.807, 2.05) is 38.1 Å². The van der Waals surface area contributed by atoms with E-state index in [-0.39, 0.29) is 36.1 Å². The smallest absolute Gasteiger partial charge is 0.278 e. The van der Waals surface area contributed by atoms with Gasteiger partial charge < -0.3 is 20.1 Å². The molecule has 9 rings (SSSR count). The van der Waals surface area contributed by atoms with Crippen LogP contribution in [0, 0.1) is 0 Å². The van der Waals surface area contributed by atoms with Gasteiger partial charge in [0, 0.05) is 50.2 Å². The van der Waals surface area contributed by atoms with Gasteiger partial charge in [-0.1, -0.05) is 44.9 Å². The number of unbranched alkanes of at least 4 members (excludes halogenated alkanes) is 3. The fraction of sp³-hybridized carbons (Fsp3) is 0.404. The SMILES string of the molecule is C=CCn1c(=O)c2cnc(Nc3ccc(N4CCN(CCCCCCOc5cccc6c5C(=O)N(C5CCC(=O)NC5=O)C6=O)CC4)cc3)nc2n1-c1ccc2c(n1)C(O)CC2.CC. The van der Waals surface area contributed by atoms with Crippen molar-refractivity contribution >= 4 is 52.0 Å². The number of nitrogens with zero attached hydrogens (tertiary/aromatic N) is 8. The second-order valence-electron chi connectivity index (χ2n) is 16.1. The Bertz CT molecular complexity index is 2630. The number of rotatable bonds is 15. The van der Waals surface area contributed by atoms with E-state index in [4.69, 9.17) is 14.7 Å². The maximum atomic E-state index is 13.4. The molecule has 5 aromatic rings. The van der Waals surface area contributed by atoms with Gasteiger partial charge in [0.1, 0.15) is 17.2 Å². The molecule has 0 saturated carbocycles. The van der Waals surface area contributed by atoms with Gasteiger partial charge in [-0.2, -0.15) is 4.98 Å². The topological polar surface area (TPSA) is 197 Å². The van der Waals surface area contributed by atoms with Crippen molar-refractivity contribution in [3.05, 3.63) is 106 Å². The summed E-state index contributed by atoms with van der Waals surface area (Å²) in [6.07, 6.45) is 7.96. The quantitative estimate of drug-likeness (QED) is 0.0717. The Balaban J connectivity index is 0.00000276. The highest BCUT2D eigenvalue weighted by molar-refractivity contribution is 6.24. The van der Waals surface area contributed by atoms with Gasteiger partial charge in [0.05, 0.1) is 36.1 Å². The van der Waals surface area contributed by atoms with Crippen LogP contribution >= 0.6 is 0 Å². The third-order valence-electron chi connectivity index (χ3n) is 12.1. The van der Waals surface area contributed by atoms with Crippen LogP contribution in [0.5, 0.6) is 5.75 Å². The number of aliphatic hydroxyl groups is 1. The van der Waals surface area contributed by atoms with Crippen LogP contribution in [0.3, 0.4) is 0 Å². The molecule has 17 nitrogen and oxygen atoms in total. The number of aromatic nitrogens is 5. The molecule has 334 valence electrons. The lowest BCUT2D eigenvalue weighted by Gasteiger charge is -2.36. The number of hydrogen-bond acceptors (Lipinski definition) is 13. The zero-order valence-electron chi connectivity index (χ0n) is 36.3. The van der Waals surface area contributed by atoms with Crippen molar-refractivity contribution in [3.63, 3.8) is 0 Å². The van der Waals surface area contributed by atoms with Crippen LogP contribution in [0.1, 0.15) is 96.9 Å². The fourth-order valence-corrected chi connectivity index (χ4v) is 8.84. The summed E-state index contributed by atoms with van der Waals surface area (Å²) in [5.41, 5.74) is 4.12. The molecule has 2 saturated heterocycles. The van der Waals surface area contributed by atoms with Crippen molar-refractivity contribution in [1.29, 1.82) is 0 Å². The van der Waals surface area contributed by atoms with E-state index in [1.165, 1.54) is 10.9 Å². The highest BCUT2D eigenvalue weighted by Gasteiger charge is 2.46. The monoisotopic (exact) mass is 870 g/mol. The molecule has 2 aromatic carbocycles. The first-order valence-electron chi connectivity index (χ1n) is 22.3. The predicted molar refractivity (Wildman–Crippen MR) is 241 cm³/mol. The predicted octanol–water partition coefficient (Wildman–Crippen LogP) is 5.08. The molecule has 0 radical (unpaired) electrons. The van der Waals surface area contributed by atoms with Crippen LogP contribution in [0.15, 0.2) is 78.2 Å². The van der Waals surface area contributed by atoms with Crippen LogP contribution in [0.2, 0.25) is 0 Å². The van der Waals surface area contributed by atoms with Crippen LogP contribution in [-0.4, -0.2) is 108 Å². The Hall–Kier alpha value is -6.72. The van der Waals surface area contributed by atoms with Gasteiger partial charge in [0.2, 0.25) is 17.8 Å². The van der Waals surface area contributed by atoms with Gasteiger partial charge in [0.25, 0.3) is 17.4 Å². The van der Waals surface area contributed by atoms with Crippen LogP contribution in [0.4, 0.5) is 17.3 Å². The van der Waals surface area contributed by atoms with Gasteiger partial charge >= 0.3 is 0 Å². The van der Waals surface area contributed by atoms with E-state index in [1.54, 1.807) is 29.0 Å². The van der Waals surface area contributed by atoms with Gasteiger partial charge in [0.15, 0.2) is 11.5 Å². The number of hydrogen-bond donors (Lipinski definition) is 3. The molecule has 4 amide bonds. The Kier molecular flexibility index (Phi) is 13.3. The lowest BCUT2D eigenvalue weighted by atomic mass is 10.0. The number of benzene rings is 2. The zero-order chi connectivity index (χ0) is 44.9. The Labute approximate surface area is 370 Å². The lowest BCUT2D eigenvalue weighted by Crippen LogP contribution is -2.54. The average molecular weight is 871 g/mol. The molecule has 1 aliphatic carbocycles. The van der Waals surface area contributed by atoms with Crippen molar-refractivity contribution in [2.24, 2.45) is 0 Å². The number of nitrogens with one attached hydrogen (secondary N) is 2. The molecular weight excluding hydrogens is 817 g/mol. The molecule has 0 bridgehead atoms. The third kappa shape index (κ3) is 8.77. The summed E-state index contributed by atoms with van der Waals surface area (Å²) < 4.78 is 9.19. The van der Waals surface area contributed by atoms with Gasteiger partial charge in [-0.15, -0.1) is 6.58 Å². The van der Waals surface area contributed by atoms with E-state index in [2.05, 4.69) is 44.1 Å². The maximum absolute atomic E-state index is 13.4. The molecular formula is C47H54N10O7. The maximum Gasteiger partial charge on any atom is 0.278 e. The second-order valence-corrected chi connectivity index (χ2v) is 16.1. The Morgan fingerprint density at radius 2 is 1.67 bits per heavy atom. The Morgan fingerprint density at radius 3 is 2.44 bits per heavy atom. The van der Waals surface area contributed by atoms with Crippen molar-refractivity contribution < 1.29 is 29.0 Å². The van der Waals surface area contributed by atoms with Crippen LogP contribution in [0.25, 0.3) is 16.9 Å². The summed E-state index contributed by atoms with van der Waals surface area (Å²) >= 11 is 0. The van der Waals surface area contributed by atoms with Crippen LogP contribution < -0.4 is 25.8 Å². The molecule has 3 aliphatic heterocycles. The van der Waals surface area contributed by atoms with Crippen molar-refractivity contribution in [2.45, 2.75) is 83.9 Å². The minimum atomic E-state index is -1.01. The summed E-state index contributed by atoms with van der Waals surface area (Å²) in [4.78, 5) is 83.6. The van der Waals surface area contributed by atoms with Crippen molar-refractivity contribution in [2.75, 3.05) is 49.5 Å². The lowest BCUT2D eigenvalue weighted by molar-refractivity contribution is -0.136. The highest BCUT2D eigenvalue weighted by Crippen LogP contribution is 2.34. The molecule has 17 heteroatoms. The highest BCUT2D eigenvalue weighted by atomic mass is 16.5. The summed E-state index contributed by atoms with van der Waals surface area (Å²) in [6.45, 7) is 13.2. The summed E-state index contributed by atoms with van der Waals surface area (Å²) in [5, 5.41) is 16.4. The molecule has 2 fully saturated rings. The van der Waals surface area contributed by atoms with Gasteiger partial charge in [-0.25, -0.2) is 19.3 Å². The summed E-state index contributed by atoms with van der Waals surface area (Å²) in [5.74, 6) is -0.993. The number of ether oxygens (including phenoxy) is 1. The number of piperidine rings is 1. The number of amides is 4. The van der Waals surface area contributed by atoms with Crippen molar-refractivity contribution in [1.82, 2.24) is 39.4 Å². The van der Waals surface area contributed by atoms with E-state index in [0.29, 0.717) is 47.3 Å². The summed E-state index contributed by atoms with van der Waals surface area (Å²) in [6, 6.07) is 15.9. The standard InChI is InChI=1S/C45H48N10O7.C2H6/c1-2-20-53-42(59)32-27-46-45(50-40(32)55(53)36-18-11-28-10-17-34(56)39(28)48-36)47-29-12-14-30(15-13-29)52-24-22-51(23-25-52)21-5-3-4-6-26-62-35-9-7-8-31-38(35)44(61)54(43(31)60)33-16-19-37(57)49-41(33)58;1-2/h2,7-9,11-15,18,27,33-34,56H,1,3-6,10,16-17,19-26H2,(H,46,47,50)(H,49,57,58);1-2H3. The molecule has 3 N–H and O–H groups in total. The molecule has 2 unspecified atom stereocenters. The minimum Gasteiger partial charge on any atom is -0.493 e. The number of allylic oxidation sites excluding steroid dienone is 1. The van der Waals surface area contributed by atoms with E-state index >= 15 is 0 Å². The average Bonchev–Trinajstić information content (AvgIpc) is 3.91. The van der Waals surface area contributed by atoms with Gasteiger partial charge in [-0.05, 0) is 86.7 Å². The van der Waals surface area contributed by atoms with Gasteiger partial charge in [-0.3, -0.25) is 39.1 Å². The van der Waals surface area contributed by atoms with E-state index in [0.717, 1.165) is 86.7 Å². The number of pyridine rings is 1. The Morgan fingerprint density at radius 1 is 0.891 bits per heavy atom. The molecule has 2 atom stereocenters. The first-order chi connectivity index (χ1) is 31.2. The largest absolute Gasteiger partial charge is 0.493 e. The molecule has 6 heterocycles. The number of aryl methyl sites for hydroxylation is 1. The van der Waals surface area contributed by atoms with E-state index in [9.17, 15) is 29.1 Å². The second kappa shape index (κ2) is 19.3. The first-order valence-corrected chi connectivity index (χ1v) is 22.3. The molecule has 0 spiro atoms. The number of carbonyl (C=O) groups excluding carboxylic acids is 4. The zero-order valence-corrected chi connectivity index (χ0v) is 36.3. The molecule has 4 aliphatic rings. The summed E-state index contributed by atoms with van der Waals surface area (Å²) in [7, 11) is 0. The number of anilines is 3. The first kappa shape index (κ1) is 43.9. The molecule has 3 aromatic heterocycles.